The minimum absolute atomic E-state index is 0.0313. The predicted molar refractivity (Wildman–Crippen MR) is 89.5 cm³/mol. The van der Waals surface area contributed by atoms with Crippen LogP contribution < -0.4 is 10.2 Å². The van der Waals surface area contributed by atoms with Gasteiger partial charge in [-0.2, -0.15) is 5.10 Å². The first-order chi connectivity index (χ1) is 10.9. The van der Waals surface area contributed by atoms with Crippen molar-refractivity contribution in [3.8, 4) is 5.75 Å². The van der Waals surface area contributed by atoms with Crippen molar-refractivity contribution in [2.45, 2.75) is 20.3 Å². The number of ether oxygens (including phenoxy) is 2. The summed E-state index contributed by atoms with van der Waals surface area (Å²) >= 11 is 12.1. The largest absolute Gasteiger partial charge is 0.495 e. The van der Waals surface area contributed by atoms with Gasteiger partial charge in [-0.15, -0.1) is 0 Å². The lowest BCUT2D eigenvalue weighted by Gasteiger charge is -2.11. The molecule has 1 rings (SSSR count). The quantitative estimate of drug-likeness (QED) is 0.438. The molecule has 6 nitrogen and oxygen atoms in total. The Balaban J connectivity index is 2.67. The van der Waals surface area contributed by atoms with Crippen LogP contribution in [0.25, 0.3) is 0 Å². The molecule has 0 aliphatic carbocycles. The number of hydrogen-bond acceptors (Lipinski definition) is 6. The summed E-state index contributed by atoms with van der Waals surface area (Å²) in [4.78, 5) is 23.4. The van der Waals surface area contributed by atoms with Gasteiger partial charge in [-0.1, -0.05) is 23.2 Å². The molecule has 23 heavy (non-hydrogen) atoms. The number of hydrogen-bond donors (Lipinski definition) is 1. The van der Waals surface area contributed by atoms with Crippen LogP contribution in [0.15, 0.2) is 17.2 Å². The van der Waals surface area contributed by atoms with Gasteiger partial charge in [0.1, 0.15) is 11.5 Å². The zero-order valence-electron chi connectivity index (χ0n) is 13.1. The molecule has 0 aliphatic rings. The number of halogens is 2. The van der Waals surface area contributed by atoms with Crippen LogP contribution in [-0.4, -0.2) is 37.7 Å². The Morgan fingerprint density at radius 2 is 1.91 bits per heavy atom. The first-order valence-corrected chi connectivity index (χ1v) is 7.63. The Labute approximate surface area is 144 Å². The zero-order valence-corrected chi connectivity index (χ0v) is 14.6. The standard InChI is InChI=1S/C15H18Cl2N2O4/c1-4-23-15(21)9(2)19-18-8-10(20)7-11-12(16)5-6-13(17)14(11)22-3/h5-6,18H,4,7-8H2,1-3H3/b19-9-. The Morgan fingerprint density at radius 3 is 2.52 bits per heavy atom. The van der Waals surface area contributed by atoms with E-state index in [2.05, 4.69) is 10.5 Å². The molecule has 0 saturated carbocycles. The molecule has 0 spiro atoms. The van der Waals surface area contributed by atoms with Crippen LogP contribution in [0.4, 0.5) is 0 Å². The molecule has 0 fully saturated rings. The molecular weight excluding hydrogens is 343 g/mol. The lowest BCUT2D eigenvalue weighted by Crippen LogP contribution is -2.24. The summed E-state index contributed by atoms with van der Waals surface area (Å²) in [5.74, 6) is -0.349. The molecule has 0 atom stereocenters. The average molecular weight is 361 g/mol. The number of ketones is 1. The summed E-state index contributed by atoms with van der Waals surface area (Å²) in [6, 6.07) is 3.20. The van der Waals surface area contributed by atoms with Gasteiger partial charge >= 0.3 is 5.97 Å². The molecule has 0 amide bonds. The molecule has 1 N–H and O–H groups in total. The van der Waals surface area contributed by atoms with Crippen LogP contribution in [0.3, 0.4) is 0 Å². The predicted octanol–water partition coefficient (Wildman–Crippen LogP) is 2.64. The number of Topliss-reactive ketones (excluding diaryl/α,β-unsaturated/α-hetero) is 1. The van der Waals surface area contributed by atoms with E-state index >= 15 is 0 Å². The van der Waals surface area contributed by atoms with Crippen LogP contribution in [0, 0.1) is 0 Å². The van der Waals surface area contributed by atoms with Gasteiger partial charge in [-0.05, 0) is 26.0 Å². The second kappa shape index (κ2) is 9.37. The molecule has 0 radical (unpaired) electrons. The Morgan fingerprint density at radius 1 is 1.26 bits per heavy atom. The number of hydrazone groups is 1. The highest BCUT2D eigenvalue weighted by Crippen LogP contribution is 2.34. The number of rotatable bonds is 8. The maximum atomic E-state index is 12.0. The number of nitrogens with one attached hydrogen (secondary N) is 1. The van der Waals surface area contributed by atoms with Crippen molar-refractivity contribution in [3.05, 3.63) is 27.7 Å². The van der Waals surface area contributed by atoms with Gasteiger partial charge in [0.15, 0.2) is 5.78 Å². The van der Waals surface area contributed by atoms with Crippen molar-refractivity contribution in [2.24, 2.45) is 5.10 Å². The molecule has 0 unspecified atom stereocenters. The van der Waals surface area contributed by atoms with E-state index in [1.807, 2.05) is 0 Å². The number of methoxy groups -OCH3 is 1. The van der Waals surface area contributed by atoms with Gasteiger partial charge in [-0.25, -0.2) is 4.79 Å². The van der Waals surface area contributed by atoms with E-state index < -0.39 is 5.97 Å². The van der Waals surface area contributed by atoms with Crippen LogP contribution in [0.2, 0.25) is 10.0 Å². The van der Waals surface area contributed by atoms with Gasteiger partial charge in [-0.3, -0.25) is 4.79 Å². The summed E-state index contributed by atoms with van der Waals surface area (Å²) in [5, 5.41) is 4.56. The second-order valence-corrected chi connectivity index (χ2v) is 5.32. The van der Waals surface area contributed by atoms with Gasteiger partial charge < -0.3 is 14.9 Å². The summed E-state index contributed by atoms with van der Waals surface area (Å²) < 4.78 is 9.95. The number of benzene rings is 1. The monoisotopic (exact) mass is 360 g/mol. The molecule has 0 aliphatic heterocycles. The smallest absolute Gasteiger partial charge is 0.354 e. The van der Waals surface area contributed by atoms with Gasteiger partial charge in [0.05, 0.1) is 25.3 Å². The van der Waals surface area contributed by atoms with Gasteiger partial charge in [0, 0.05) is 17.0 Å². The zero-order chi connectivity index (χ0) is 17.4. The first kappa shape index (κ1) is 19.3. The van der Waals surface area contributed by atoms with Crippen molar-refractivity contribution in [3.63, 3.8) is 0 Å². The van der Waals surface area contributed by atoms with E-state index in [0.717, 1.165) is 0 Å². The van der Waals surface area contributed by atoms with Crippen molar-refractivity contribution >= 4 is 40.7 Å². The molecule has 126 valence electrons. The molecule has 0 bridgehead atoms. The molecule has 1 aromatic carbocycles. The molecule has 0 aromatic heterocycles. The van der Waals surface area contributed by atoms with E-state index in [9.17, 15) is 9.59 Å². The summed E-state index contributed by atoms with van der Waals surface area (Å²) in [5.41, 5.74) is 3.19. The second-order valence-electron chi connectivity index (χ2n) is 4.51. The fraction of sp³-hybridized carbons (Fsp3) is 0.400. The number of esters is 1. The summed E-state index contributed by atoms with van der Waals surface area (Å²) in [6.07, 6.45) is 0.0313. The lowest BCUT2D eigenvalue weighted by atomic mass is 10.1. The van der Waals surface area contributed by atoms with Crippen molar-refractivity contribution in [2.75, 3.05) is 20.3 Å². The SMILES string of the molecule is CCOC(=O)/C(C)=N\NCC(=O)Cc1c(Cl)ccc(Cl)c1OC. The highest BCUT2D eigenvalue weighted by Gasteiger charge is 2.15. The average Bonchev–Trinajstić information content (AvgIpc) is 2.51. The molecule has 1 aromatic rings. The molecule has 0 heterocycles. The normalized spacial score (nSPS) is 11.1. The number of carbonyl (C=O) groups excluding carboxylic acids is 2. The third kappa shape index (κ3) is 5.73. The van der Waals surface area contributed by atoms with E-state index in [1.54, 1.807) is 19.1 Å². The Bertz CT molecular complexity index is 618. The van der Waals surface area contributed by atoms with E-state index in [0.29, 0.717) is 21.4 Å². The van der Waals surface area contributed by atoms with E-state index in [4.69, 9.17) is 32.7 Å². The molecular formula is C15H18Cl2N2O4. The Kier molecular flexibility index (Phi) is 7.85. The number of carbonyl (C=O) groups is 2. The first-order valence-electron chi connectivity index (χ1n) is 6.87. The van der Waals surface area contributed by atoms with Crippen LogP contribution >= 0.6 is 23.2 Å². The topological polar surface area (TPSA) is 77.0 Å². The lowest BCUT2D eigenvalue weighted by molar-refractivity contribution is -0.135. The maximum Gasteiger partial charge on any atom is 0.354 e. The van der Waals surface area contributed by atoms with Crippen LogP contribution in [-0.2, 0) is 20.7 Å². The summed E-state index contributed by atoms with van der Waals surface area (Å²) in [6.45, 7) is 3.39. The van der Waals surface area contributed by atoms with Gasteiger partial charge in [0.25, 0.3) is 0 Å². The fourth-order valence-electron chi connectivity index (χ4n) is 1.75. The molecule has 8 heteroatoms. The minimum atomic E-state index is -0.535. The van der Waals surface area contributed by atoms with E-state index in [-0.39, 0.29) is 31.1 Å². The van der Waals surface area contributed by atoms with E-state index in [1.165, 1.54) is 14.0 Å². The highest BCUT2D eigenvalue weighted by atomic mass is 35.5. The van der Waals surface area contributed by atoms with Gasteiger partial charge in [0.2, 0.25) is 0 Å². The third-order valence-electron chi connectivity index (χ3n) is 2.83. The fourth-order valence-corrected chi connectivity index (χ4v) is 2.22. The third-order valence-corrected chi connectivity index (χ3v) is 3.48. The number of nitrogens with zero attached hydrogens (tertiary/aromatic N) is 1. The van der Waals surface area contributed by atoms with Crippen molar-refractivity contribution < 1.29 is 19.1 Å². The van der Waals surface area contributed by atoms with Crippen LogP contribution in [0.1, 0.15) is 19.4 Å². The maximum absolute atomic E-state index is 12.0. The van der Waals surface area contributed by atoms with Crippen molar-refractivity contribution in [1.29, 1.82) is 0 Å². The summed E-state index contributed by atoms with van der Waals surface area (Å²) in [7, 11) is 1.46. The Hall–Kier alpha value is -1.79. The molecule has 0 saturated heterocycles. The van der Waals surface area contributed by atoms with Crippen molar-refractivity contribution in [1.82, 2.24) is 5.43 Å². The minimum Gasteiger partial charge on any atom is -0.495 e. The van der Waals surface area contributed by atoms with Crippen LogP contribution in [0.5, 0.6) is 5.75 Å². The highest BCUT2D eigenvalue weighted by molar-refractivity contribution is 6.35.